The first-order valence-corrected chi connectivity index (χ1v) is 11.3. The summed E-state index contributed by atoms with van der Waals surface area (Å²) < 4.78 is 0. The van der Waals surface area contributed by atoms with E-state index >= 15 is 0 Å². The summed E-state index contributed by atoms with van der Waals surface area (Å²) in [5.74, 6) is 0.147. The van der Waals surface area contributed by atoms with E-state index in [2.05, 4.69) is 16.8 Å². The highest BCUT2D eigenvalue weighted by molar-refractivity contribution is 7.10. The van der Waals surface area contributed by atoms with Crippen molar-refractivity contribution in [3.8, 4) is 0 Å². The van der Waals surface area contributed by atoms with Crippen LogP contribution in [-0.4, -0.2) is 29.9 Å². The Morgan fingerprint density at radius 3 is 2.74 bits per heavy atom. The van der Waals surface area contributed by atoms with E-state index in [4.69, 9.17) is 23.2 Å². The molecule has 1 aromatic heterocycles. The molecule has 27 heavy (non-hydrogen) atoms. The molecule has 1 N–H and O–H groups in total. The second-order valence-corrected chi connectivity index (χ2v) is 9.26. The number of amides is 1. The van der Waals surface area contributed by atoms with Gasteiger partial charge in [0.2, 0.25) is 5.91 Å². The van der Waals surface area contributed by atoms with Crippen LogP contribution in [0.3, 0.4) is 0 Å². The van der Waals surface area contributed by atoms with Gasteiger partial charge in [0.1, 0.15) is 0 Å². The van der Waals surface area contributed by atoms with E-state index in [1.807, 2.05) is 17.0 Å². The summed E-state index contributed by atoms with van der Waals surface area (Å²) in [5.41, 5.74) is 2.15. The standard InChI is InChI=1S/C21H24Cl2N2OS/c22-14-6-7-16(18(23)12-14)21-17-9-11-27-19(17)8-10-25(21)20(26)13-24-15-4-2-1-3-5-15/h6-7,9,11-12,15,21,24H,1-5,8,10,13H2. The summed E-state index contributed by atoms with van der Waals surface area (Å²) in [6.07, 6.45) is 7.09. The van der Waals surface area contributed by atoms with Crippen molar-refractivity contribution >= 4 is 40.4 Å². The van der Waals surface area contributed by atoms with Gasteiger partial charge in [-0.25, -0.2) is 0 Å². The molecule has 3 nitrogen and oxygen atoms in total. The van der Waals surface area contributed by atoms with Gasteiger partial charge in [-0.15, -0.1) is 11.3 Å². The molecular weight excluding hydrogens is 399 g/mol. The molecule has 6 heteroatoms. The second kappa shape index (κ2) is 8.52. The minimum atomic E-state index is -0.134. The lowest BCUT2D eigenvalue weighted by atomic mass is 9.93. The quantitative estimate of drug-likeness (QED) is 0.709. The number of nitrogens with zero attached hydrogens (tertiary/aromatic N) is 1. The molecule has 1 fully saturated rings. The van der Waals surface area contributed by atoms with Gasteiger partial charge in [-0.3, -0.25) is 4.79 Å². The van der Waals surface area contributed by atoms with Gasteiger partial charge in [0.05, 0.1) is 12.6 Å². The number of carbonyl (C=O) groups is 1. The molecule has 2 heterocycles. The summed E-state index contributed by atoms with van der Waals surface area (Å²) in [5, 5.41) is 6.82. The van der Waals surface area contributed by atoms with Crippen molar-refractivity contribution < 1.29 is 4.79 Å². The average molecular weight is 423 g/mol. The first-order chi connectivity index (χ1) is 13.1. The van der Waals surface area contributed by atoms with Crippen LogP contribution in [0.2, 0.25) is 10.0 Å². The van der Waals surface area contributed by atoms with E-state index in [0.29, 0.717) is 22.6 Å². The Labute approximate surface area is 174 Å². The number of fused-ring (bicyclic) bond motifs is 1. The fourth-order valence-electron chi connectivity index (χ4n) is 4.28. The molecule has 1 unspecified atom stereocenters. The minimum Gasteiger partial charge on any atom is -0.330 e. The minimum absolute atomic E-state index is 0.134. The highest BCUT2D eigenvalue weighted by Crippen LogP contribution is 2.40. The lowest BCUT2D eigenvalue weighted by Crippen LogP contribution is -2.46. The van der Waals surface area contributed by atoms with E-state index < -0.39 is 0 Å². The SMILES string of the molecule is O=C(CNC1CCCCC1)N1CCc2sccc2C1c1ccc(Cl)cc1Cl. The van der Waals surface area contributed by atoms with Gasteiger partial charge in [0.15, 0.2) is 0 Å². The van der Waals surface area contributed by atoms with Crippen molar-refractivity contribution in [1.82, 2.24) is 10.2 Å². The third-order valence-electron chi connectivity index (χ3n) is 5.69. The van der Waals surface area contributed by atoms with Crippen molar-refractivity contribution in [3.05, 3.63) is 55.7 Å². The molecular formula is C21H24Cl2N2OS. The normalized spacial score (nSPS) is 20.5. The third kappa shape index (κ3) is 4.19. The van der Waals surface area contributed by atoms with Gasteiger partial charge in [-0.1, -0.05) is 48.5 Å². The Balaban J connectivity index is 1.57. The fraction of sp³-hybridized carbons (Fsp3) is 0.476. The maximum atomic E-state index is 13.1. The average Bonchev–Trinajstić information content (AvgIpc) is 3.15. The van der Waals surface area contributed by atoms with Crippen molar-refractivity contribution in [2.45, 2.75) is 50.6 Å². The molecule has 0 saturated heterocycles. The molecule has 1 saturated carbocycles. The second-order valence-electron chi connectivity index (χ2n) is 7.42. The van der Waals surface area contributed by atoms with Crippen LogP contribution >= 0.6 is 34.5 Å². The van der Waals surface area contributed by atoms with Crippen molar-refractivity contribution in [2.24, 2.45) is 0 Å². The molecule has 2 aromatic rings. The fourth-order valence-corrected chi connectivity index (χ4v) is 5.70. The zero-order valence-electron chi connectivity index (χ0n) is 15.2. The molecule has 144 valence electrons. The first kappa shape index (κ1) is 19.3. The maximum absolute atomic E-state index is 13.1. The largest absolute Gasteiger partial charge is 0.330 e. The molecule has 4 rings (SSSR count). The molecule has 0 spiro atoms. The number of carbonyl (C=O) groups excluding carboxylic acids is 1. The molecule has 0 bridgehead atoms. The zero-order valence-corrected chi connectivity index (χ0v) is 17.5. The predicted octanol–water partition coefficient (Wildman–Crippen LogP) is 5.45. The van der Waals surface area contributed by atoms with Crippen molar-refractivity contribution in [1.29, 1.82) is 0 Å². The number of halogens is 2. The summed E-state index contributed by atoms with van der Waals surface area (Å²) in [6.45, 7) is 1.12. The lowest BCUT2D eigenvalue weighted by molar-refractivity contribution is -0.132. The van der Waals surface area contributed by atoms with Gasteiger partial charge in [0, 0.05) is 27.5 Å². The Morgan fingerprint density at radius 2 is 1.96 bits per heavy atom. The van der Waals surface area contributed by atoms with Crippen LogP contribution in [0.1, 0.15) is 54.1 Å². The molecule has 1 atom stereocenters. The van der Waals surface area contributed by atoms with E-state index in [0.717, 1.165) is 18.5 Å². The first-order valence-electron chi connectivity index (χ1n) is 9.67. The molecule has 1 aromatic carbocycles. The summed E-state index contributed by atoms with van der Waals surface area (Å²) in [6, 6.07) is 8.04. The summed E-state index contributed by atoms with van der Waals surface area (Å²) in [4.78, 5) is 16.5. The number of nitrogens with one attached hydrogen (secondary N) is 1. The lowest BCUT2D eigenvalue weighted by Gasteiger charge is -2.37. The van der Waals surface area contributed by atoms with Crippen LogP contribution in [0.5, 0.6) is 0 Å². The maximum Gasteiger partial charge on any atom is 0.237 e. The van der Waals surface area contributed by atoms with E-state index in [-0.39, 0.29) is 11.9 Å². The van der Waals surface area contributed by atoms with Gasteiger partial charge < -0.3 is 10.2 Å². The number of rotatable bonds is 4. The van der Waals surface area contributed by atoms with Crippen LogP contribution in [-0.2, 0) is 11.2 Å². The highest BCUT2D eigenvalue weighted by Gasteiger charge is 2.34. The van der Waals surface area contributed by atoms with Crippen LogP contribution in [0, 0.1) is 0 Å². The molecule has 1 aliphatic carbocycles. The van der Waals surface area contributed by atoms with Crippen LogP contribution in [0.25, 0.3) is 0 Å². The number of benzene rings is 1. The Kier molecular flexibility index (Phi) is 6.08. The molecule has 1 aliphatic heterocycles. The Hall–Kier alpha value is -1.07. The van der Waals surface area contributed by atoms with Crippen LogP contribution < -0.4 is 5.32 Å². The molecule has 1 amide bonds. The van der Waals surface area contributed by atoms with Gasteiger partial charge in [-0.05, 0) is 54.0 Å². The van der Waals surface area contributed by atoms with Crippen LogP contribution in [0.4, 0.5) is 0 Å². The van der Waals surface area contributed by atoms with E-state index in [1.54, 1.807) is 17.4 Å². The summed E-state index contributed by atoms with van der Waals surface area (Å²) in [7, 11) is 0. The monoisotopic (exact) mass is 422 g/mol. The number of hydrogen-bond acceptors (Lipinski definition) is 3. The van der Waals surface area contributed by atoms with Gasteiger partial charge in [-0.2, -0.15) is 0 Å². The smallest absolute Gasteiger partial charge is 0.237 e. The third-order valence-corrected chi connectivity index (χ3v) is 7.25. The topological polar surface area (TPSA) is 32.3 Å². The number of thiophene rings is 1. The number of hydrogen-bond donors (Lipinski definition) is 1. The molecule has 0 radical (unpaired) electrons. The van der Waals surface area contributed by atoms with Crippen molar-refractivity contribution in [3.63, 3.8) is 0 Å². The van der Waals surface area contributed by atoms with E-state index in [9.17, 15) is 4.79 Å². The Bertz CT molecular complexity index is 816. The predicted molar refractivity (Wildman–Crippen MR) is 113 cm³/mol. The van der Waals surface area contributed by atoms with Gasteiger partial charge in [0.25, 0.3) is 0 Å². The van der Waals surface area contributed by atoms with Gasteiger partial charge >= 0.3 is 0 Å². The highest BCUT2D eigenvalue weighted by atomic mass is 35.5. The Morgan fingerprint density at radius 1 is 1.15 bits per heavy atom. The van der Waals surface area contributed by atoms with Crippen LogP contribution in [0.15, 0.2) is 29.6 Å². The molecule has 2 aliphatic rings. The van der Waals surface area contributed by atoms with E-state index in [1.165, 1.54) is 42.5 Å². The summed E-state index contributed by atoms with van der Waals surface area (Å²) >= 11 is 14.4. The van der Waals surface area contributed by atoms with Crippen molar-refractivity contribution in [2.75, 3.05) is 13.1 Å². The zero-order chi connectivity index (χ0) is 18.8.